The molecule has 168 valence electrons. The van der Waals surface area contributed by atoms with Crippen LogP contribution >= 0.6 is 11.3 Å². The second-order valence-electron chi connectivity index (χ2n) is 6.67. The van der Waals surface area contributed by atoms with Crippen molar-refractivity contribution in [2.45, 2.75) is 44.9 Å². The van der Waals surface area contributed by atoms with Crippen LogP contribution in [0.4, 0.5) is 5.69 Å². The molecule has 2 atom stereocenters. The number of rotatable bonds is 4. The van der Waals surface area contributed by atoms with Gasteiger partial charge >= 0.3 is 0 Å². The molecule has 0 fully saturated rings. The van der Waals surface area contributed by atoms with Crippen molar-refractivity contribution in [3.05, 3.63) is 35.9 Å². The van der Waals surface area contributed by atoms with E-state index in [1.807, 2.05) is 6.92 Å². The molecule has 2 aromatic rings. The summed E-state index contributed by atoms with van der Waals surface area (Å²) in [7, 11) is -10.9. The first kappa shape index (κ1) is 24.7. The van der Waals surface area contributed by atoms with Gasteiger partial charge in [-0.1, -0.05) is 6.92 Å². The molecular weight excluding hydrogens is 472 g/mol. The number of sulfonamides is 2. The lowest BCUT2D eigenvalue weighted by Crippen LogP contribution is -2.33. The first-order valence-electron chi connectivity index (χ1n) is 8.70. The standard InChI is InChI=1S/C10H16N2O4S3.C6H8N2O2S/c1-3-12-8-4-6(2)18(13,14)10-7(8)5-9(17-10)19(11,15)16;7-5-1-3-6(4-2-5)11(8,9)10/h5-6,8,12H,3-4H2,1-2H3,(H2,11,15,16);1-4H,7H2,(H2,8,9,10)/t6-,8-;/m0./s1. The maximum absolute atomic E-state index is 12.2. The third-order valence-electron chi connectivity index (χ3n) is 4.37. The van der Waals surface area contributed by atoms with Crippen LogP contribution in [0.25, 0.3) is 0 Å². The Labute approximate surface area is 180 Å². The van der Waals surface area contributed by atoms with E-state index in [2.05, 4.69) is 5.32 Å². The summed E-state index contributed by atoms with van der Waals surface area (Å²) in [5.41, 5.74) is 6.37. The number of anilines is 1. The largest absolute Gasteiger partial charge is 0.399 e. The van der Waals surface area contributed by atoms with Crippen molar-refractivity contribution in [1.82, 2.24) is 5.32 Å². The van der Waals surface area contributed by atoms with Gasteiger partial charge in [-0.3, -0.25) is 0 Å². The number of primary sulfonamides is 2. The minimum Gasteiger partial charge on any atom is -0.399 e. The molecule has 10 nitrogen and oxygen atoms in total. The summed E-state index contributed by atoms with van der Waals surface area (Å²) in [6.07, 6.45) is 0.434. The quantitative estimate of drug-likeness (QED) is 0.440. The average Bonchev–Trinajstić information content (AvgIpc) is 3.07. The van der Waals surface area contributed by atoms with Gasteiger partial charge in [0.1, 0.15) is 8.42 Å². The Morgan fingerprint density at radius 1 is 1.10 bits per heavy atom. The highest BCUT2D eigenvalue weighted by Gasteiger charge is 2.39. The molecule has 30 heavy (non-hydrogen) atoms. The van der Waals surface area contributed by atoms with E-state index in [0.717, 1.165) is 11.3 Å². The van der Waals surface area contributed by atoms with Crippen LogP contribution in [0.3, 0.4) is 0 Å². The van der Waals surface area contributed by atoms with Crippen molar-refractivity contribution in [2.24, 2.45) is 10.3 Å². The van der Waals surface area contributed by atoms with Crippen molar-refractivity contribution in [3.63, 3.8) is 0 Å². The molecule has 1 aliphatic rings. The van der Waals surface area contributed by atoms with Crippen LogP contribution in [-0.2, 0) is 29.9 Å². The molecule has 0 radical (unpaired) electrons. The number of nitrogen functional groups attached to an aromatic ring is 1. The molecule has 7 N–H and O–H groups in total. The minimum absolute atomic E-state index is 0.0756. The van der Waals surface area contributed by atoms with Gasteiger partial charge in [0, 0.05) is 17.3 Å². The number of hydrogen-bond donors (Lipinski definition) is 4. The number of benzene rings is 1. The van der Waals surface area contributed by atoms with Gasteiger partial charge in [-0.05, 0) is 50.2 Å². The summed E-state index contributed by atoms with van der Waals surface area (Å²) in [5.74, 6) is 0. The van der Waals surface area contributed by atoms with Gasteiger partial charge in [-0.15, -0.1) is 11.3 Å². The summed E-state index contributed by atoms with van der Waals surface area (Å²) in [6, 6.07) is 6.94. The zero-order valence-corrected chi connectivity index (χ0v) is 19.5. The van der Waals surface area contributed by atoms with E-state index in [9.17, 15) is 25.3 Å². The van der Waals surface area contributed by atoms with Gasteiger partial charge in [0.15, 0.2) is 9.84 Å². The summed E-state index contributed by atoms with van der Waals surface area (Å²) < 4.78 is 68.6. The zero-order chi connectivity index (χ0) is 22.9. The Hall–Kier alpha value is -1.55. The molecule has 0 saturated heterocycles. The van der Waals surface area contributed by atoms with E-state index in [1.54, 1.807) is 6.92 Å². The van der Waals surface area contributed by atoms with Crippen LogP contribution in [0.5, 0.6) is 0 Å². The van der Waals surface area contributed by atoms with E-state index in [1.165, 1.54) is 30.3 Å². The monoisotopic (exact) mass is 496 g/mol. The minimum atomic E-state index is -3.88. The van der Waals surface area contributed by atoms with Crippen LogP contribution in [0.2, 0.25) is 0 Å². The summed E-state index contributed by atoms with van der Waals surface area (Å²) in [5, 5.41) is 12.6. The molecule has 2 heterocycles. The first-order valence-corrected chi connectivity index (χ1v) is 14.2. The van der Waals surface area contributed by atoms with Gasteiger partial charge in [0.25, 0.3) is 0 Å². The van der Waals surface area contributed by atoms with Crippen molar-refractivity contribution in [3.8, 4) is 0 Å². The molecule has 0 spiro atoms. The van der Waals surface area contributed by atoms with Gasteiger partial charge in [0.05, 0.1) is 10.1 Å². The summed E-state index contributed by atoms with van der Waals surface area (Å²) in [4.78, 5) is 0.0756. The summed E-state index contributed by atoms with van der Waals surface area (Å²) >= 11 is 0.742. The van der Waals surface area contributed by atoms with Crippen molar-refractivity contribution in [1.29, 1.82) is 0 Å². The second-order valence-corrected chi connectivity index (χ2v) is 13.6. The Kier molecular flexibility index (Phi) is 7.33. The maximum Gasteiger partial charge on any atom is 0.247 e. The predicted octanol–water partition coefficient (Wildman–Crippen LogP) is 0.528. The lowest BCUT2D eigenvalue weighted by atomic mass is 10.1. The predicted molar refractivity (Wildman–Crippen MR) is 116 cm³/mol. The number of thiophene rings is 1. The zero-order valence-electron chi connectivity index (χ0n) is 16.3. The van der Waals surface area contributed by atoms with Crippen LogP contribution in [0, 0.1) is 0 Å². The molecule has 1 aromatic heterocycles. The Morgan fingerprint density at radius 2 is 1.67 bits per heavy atom. The van der Waals surface area contributed by atoms with E-state index in [0.29, 0.717) is 24.2 Å². The molecule has 1 aliphatic heterocycles. The highest BCUT2D eigenvalue weighted by molar-refractivity contribution is 7.95. The summed E-state index contributed by atoms with van der Waals surface area (Å²) in [6.45, 7) is 4.23. The smallest absolute Gasteiger partial charge is 0.247 e. The molecule has 0 aliphatic carbocycles. The first-order chi connectivity index (χ1) is 13.7. The molecule has 14 heteroatoms. The molecule has 3 rings (SSSR count). The number of fused-ring (bicyclic) bond motifs is 1. The van der Waals surface area contributed by atoms with E-state index in [4.69, 9.17) is 16.0 Å². The topological polar surface area (TPSA) is 193 Å². The number of nitrogens with two attached hydrogens (primary N) is 3. The number of sulfone groups is 1. The molecule has 0 saturated carbocycles. The van der Waals surface area contributed by atoms with Gasteiger partial charge in [-0.2, -0.15) is 0 Å². The van der Waals surface area contributed by atoms with Gasteiger partial charge in [-0.25, -0.2) is 35.5 Å². The highest BCUT2D eigenvalue weighted by Crippen LogP contribution is 2.42. The third kappa shape index (κ3) is 5.57. The fourth-order valence-electron chi connectivity index (χ4n) is 2.84. The normalized spacial score (nSPS) is 20.7. The highest BCUT2D eigenvalue weighted by atomic mass is 32.3. The van der Waals surface area contributed by atoms with Crippen LogP contribution in [-0.4, -0.2) is 37.0 Å². The lowest BCUT2D eigenvalue weighted by Gasteiger charge is -2.27. The van der Waals surface area contributed by atoms with Crippen LogP contribution in [0.1, 0.15) is 31.9 Å². The molecular formula is C16H24N4O6S4. The van der Waals surface area contributed by atoms with E-state index < -0.39 is 35.1 Å². The van der Waals surface area contributed by atoms with Gasteiger partial charge < -0.3 is 11.1 Å². The van der Waals surface area contributed by atoms with E-state index >= 15 is 0 Å². The molecule has 0 bridgehead atoms. The van der Waals surface area contributed by atoms with Crippen LogP contribution < -0.4 is 21.3 Å². The fourth-order valence-corrected chi connectivity index (χ4v) is 7.77. The number of nitrogens with one attached hydrogen (secondary N) is 1. The fraction of sp³-hybridized carbons (Fsp3) is 0.375. The molecule has 0 unspecified atom stereocenters. The average molecular weight is 497 g/mol. The number of hydrogen-bond acceptors (Lipinski definition) is 9. The maximum atomic E-state index is 12.2. The van der Waals surface area contributed by atoms with Gasteiger partial charge in [0.2, 0.25) is 20.0 Å². The second kappa shape index (κ2) is 8.90. The molecule has 1 aromatic carbocycles. The lowest BCUT2D eigenvalue weighted by molar-refractivity contribution is 0.477. The van der Waals surface area contributed by atoms with Crippen molar-refractivity contribution in [2.75, 3.05) is 12.3 Å². The Morgan fingerprint density at radius 3 is 2.13 bits per heavy atom. The SMILES string of the molecule is CCN[C@H]1C[C@H](C)S(=O)(=O)c2sc(S(N)(=O)=O)cc21.Nc1ccc(S(N)(=O)=O)cc1. The van der Waals surface area contributed by atoms with Crippen molar-refractivity contribution >= 4 is 46.9 Å². The van der Waals surface area contributed by atoms with Crippen LogP contribution in [0.15, 0.2) is 43.6 Å². The Balaban J connectivity index is 0.000000248. The molecule has 0 amide bonds. The van der Waals surface area contributed by atoms with E-state index in [-0.39, 0.29) is 19.4 Å². The Bertz CT molecular complexity index is 1220. The van der Waals surface area contributed by atoms with Crippen molar-refractivity contribution < 1.29 is 25.3 Å². The third-order valence-corrected chi connectivity index (χ3v) is 10.6.